The minimum absolute atomic E-state index is 0.806. The average Bonchev–Trinajstić information content (AvgIpc) is 2.76. The minimum Gasteiger partial charge on any atom is -0.398 e. The topological polar surface area (TPSA) is 43.8 Å². The maximum atomic E-state index is 5.94. The second kappa shape index (κ2) is 3.63. The number of fused-ring (bicyclic) bond motifs is 1. The number of nitrogens with two attached hydrogens (primary N) is 1. The number of imidazole rings is 1. The van der Waals surface area contributed by atoms with Gasteiger partial charge in [-0.15, -0.1) is 0 Å². The molecule has 0 fully saturated rings. The van der Waals surface area contributed by atoms with E-state index in [0.717, 1.165) is 28.0 Å². The molecule has 2 aromatic carbocycles. The molecule has 1 aromatic heterocycles. The van der Waals surface area contributed by atoms with Crippen molar-refractivity contribution in [3.63, 3.8) is 0 Å². The largest absolute Gasteiger partial charge is 0.398 e. The van der Waals surface area contributed by atoms with Gasteiger partial charge in [0.15, 0.2) is 0 Å². The highest BCUT2D eigenvalue weighted by molar-refractivity contribution is 5.77. The quantitative estimate of drug-likeness (QED) is 0.644. The summed E-state index contributed by atoms with van der Waals surface area (Å²) in [6, 6.07) is 14.1. The van der Waals surface area contributed by atoms with Crippen molar-refractivity contribution in [3.05, 3.63) is 54.4 Å². The molecule has 84 valence electrons. The van der Waals surface area contributed by atoms with Gasteiger partial charge in [-0.05, 0) is 36.8 Å². The molecule has 0 amide bonds. The number of para-hydroxylation sites is 2. The van der Waals surface area contributed by atoms with E-state index in [1.807, 2.05) is 48.1 Å². The molecule has 3 aromatic rings. The summed E-state index contributed by atoms with van der Waals surface area (Å²) in [5, 5.41) is 0. The third kappa shape index (κ3) is 1.56. The Bertz CT molecular complexity index is 683. The molecule has 1 heterocycles. The highest BCUT2D eigenvalue weighted by atomic mass is 15.0. The van der Waals surface area contributed by atoms with Gasteiger partial charge in [-0.25, -0.2) is 4.98 Å². The third-order valence-corrected chi connectivity index (χ3v) is 2.99. The van der Waals surface area contributed by atoms with Crippen LogP contribution in [-0.2, 0) is 0 Å². The number of aryl methyl sites for hydroxylation is 1. The van der Waals surface area contributed by atoms with Crippen LogP contribution >= 0.6 is 0 Å². The molecular formula is C14H13N3. The van der Waals surface area contributed by atoms with Crippen LogP contribution in [0.1, 0.15) is 5.56 Å². The summed E-state index contributed by atoms with van der Waals surface area (Å²) in [6.45, 7) is 2.01. The van der Waals surface area contributed by atoms with Gasteiger partial charge in [0, 0.05) is 11.4 Å². The lowest BCUT2D eigenvalue weighted by atomic mass is 10.2. The van der Waals surface area contributed by atoms with Crippen molar-refractivity contribution in [2.24, 2.45) is 0 Å². The van der Waals surface area contributed by atoms with Crippen molar-refractivity contribution in [1.82, 2.24) is 9.55 Å². The Morgan fingerprint density at radius 1 is 1.12 bits per heavy atom. The van der Waals surface area contributed by atoms with Crippen LogP contribution in [0.5, 0.6) is 0 Å². The minimum atomic E-state index is 0.806. The normalized spacial score (nSPS) is 10.9. The zero-order valence-electron chi connectivity index (χ0n) is 9.59. The van der Waals surface area contributed by atoms with Crippen LogP contribution < -0.4 is 5.73 Å². The predicted molar refractivity (Wildman–Crippen MR) is 70.2 cm³/mol. The summed E-state index contributed by atoms with van der Waals surface area (Å²) in [4.78, 5) is 4.37. The predicted octanol–water partition coefficient (Wildman–Crippen LogP) is 2.92. The van der Waals surface area contributed by atoms with Crippen LogP contribution in [0.25, 0.3) is 16.7 Å². The van der Waals surface area contributed by atoms with Crippen molar-refractivity contribution in [2.75, 3.05) is 5.73 Å². The monoisotopic (exact) mass is 223 g/mol. The molecule has 0 aliphatic carbocycles. The van der Waals surface area contributed by atoms with Crippen LogP contribution in [0, 0.1) is 6.92 Å². The Labute approximate surface area is 99.5 Å². The fourth-order valence-electron chi connectivity index (χ4n) is 1.94. The number of rotatable bonds is 1. The maximum Gasteiger partial charge on any atom is 0.100 e. The standard InChI is InChI=1S/C14H13N3/c1-10-6-7-11(8-12(10)15)17-9-16-13-4-2-3-5-14(13)17/h2-9H,15H2,1H3. The van der Waals surface area contributed by atoms with Crippen LogP contribution in [0.2, 0.25) is 0 Å². The fraction of sp³-hybridized carbons (Fsp3) is 0.0714. The van der Waals surface area contributed by atoms with Gasteiger partial charge >= 0.3 is 0 Å². The Kier molecular flexibility index (Phi) is 2.11. The summed E-state index contributed by atoms with van der Waals surface area (Å²) < 4.78 is 2.05. The molecule has 0 spiro atoms. The first-order chi connectivity index (χ1) is 8.25. The SMILES string of the molecule is Cc1ccc(-n2cnc3ccccc32)cc1N. The first kappa shape index (κ1) is 9.90. The molecule has 0 saturated heterocycles. The van der Waals surface area contributed by atoms with Gasteiger partial charge in [-0.1, -0.05) is 18.2 Å². The fourth-order valence-corrected chi connectivity index (χ4v) is 1.94. The summed E-state index contributed by atoms with van der Waals surface area (Å²) in [6.07, 6.45) is 1.83. The van der Waals surface area contributed by atoms with Gasteiger partial charge in [-0.2, -0.15) is 0 Å². The Hall–Kier alpha value is -2.29. The summed E-state index contributed by atoms with van der Waals surface area (Å²) in [5.74, 6) is 0. The zero-order chi connectivity index (χ0) is 11.8. The van der Waals surface area contributed by atoms with Crippen LogP contribution in [0.15, 0.2) is 48.8 Å². The van der Waals surface area contributed by atoms with Crippen molar-refractivity contribution in [1.29, 1.82) is 0 Å². The van der Waals surface area contributed by atoms with E-state index in [-0.39, 0.29) is 0 Å². The molecule has 17 heavy (non-hydrogen) atoms. The molecule has 0 aliphatic heterocycles. The number of hydrogen-bond acceptors (Lipinski definition) is 2. The van der Waals surface area contributed by atoms with Crippen LogP contribution in [-0.4, -0.2) is 9.55 Å². The summed E-state index contributed by atoms with van der Waals surface area (Å²) >= 11 is 0. The average molecular weight is 223 g/mol. The number of anilines is 1. The summed E-state index contributed by atoms with van der Waals surface area (Å²) in [5.41, 5.74) is 11.0. The molecule has 0 saturated carbocycles. The number of nitrogens with zero attached hydrogens (tertiary/aromatic N) is 2. The van der Waals surface area contributed by atoms with E-state index in [9.17, 15) is 0 Å². The molecule has 3 rings (SSSR count). The number of nitrogen functional groups attached to an aromatic ring is 1. The van der Waals surface area contributed by atoms with E-state index in [4.69, 9.17) is 5.73 Å². The first-order valence-electron chi connectivity index (χ1n) is 5.54. The van der Waals surface area contributed by atoms with Gasteiger partial charge < -0.3 is 5.73 Å². The zero-order valence-corrected chi connectivity index (χ0v) is 9.59. The lowest BCUT2D eigenvalue weighted by Gasteiger charge is -2.07. The summed E-state index contributed by atoms with van der Waals surface area (Å²) in [7, 11) is 0. The van der Waals surface area contributed by atoms with Crippen LogP contribution in [0.3, 0.4) is 0 Å². The Morgan fingerprint density at radius 3 is 2.76 bits per heavy atom. The first-order valence-corrected chi connectivity index (χ1v) is 5.54. The van der Waals surface area contributed by atoms with Crippen LogP contribution in [0.4, 0.5) is 5.69 Å². The smallest absolute Gasteiger partial charge is 0.100 e. The molecule has 3 nitrogen and oxygen atoms in total. The molecule has 2 N–H and O–H groups in total. The molecule has 0 radical (unpaired) electrons. The Balaban J connectivity index is 2.24. The second-order valence-corrected chi connectivity index (χ2v) is 4.14. The highest BCUT2D eigenvalue weighted by Gasteiger charge is 2.04. The van der Waals surface area contributed by atoms with Gasteiger partial charge in [0.05, 0.1) is 11.0 Å². The third-order valence-electron chi connectivity index (χ3n) is 2.99. The number of aromatic nitrogens is 2. The molecule has 0 bridgehead atoms. The van der Waals surface area contributed by atoms with Crippen molar-refractivity contribution in [3.8, 4) is 5.69 Å². The second-order valence-electron chi connectivity index (χ2n) is 4.14. The molecule has 0 unspecified atom stereocenters. The molecular weight excluding hydrogens is 210 g/mol. The van der Waals surface area contributed by atoms with Crippen molar-refractivity contribution < 1.29 is 0 Å². The Morgan fingerprint density at radius 2 is 1.94 bits per heavy atom. The van der Waals surface area contributed by atoms with E-state index in [1.165, 1.54) is 0 Å². The lowest BCUT2D eigenvalue weighted by molar-refractivity contribution is 1.09. The van der Waals surface area contributed by atoms with E-state index in [1.54, 1.807) is 0 Å². The van der Waals surface area contributed by atoms with Crippen molar-refractivity contribution >= 4 is 16.7 Å². The van der Waals surface area contributed by atoms with E-state index >= 15 is 0 Å². The van der Waals surface area contributed by atoms with Gasteiger partial charge in [0.2, 0.25) is 0 Å². The van der Waals surface area contributed by atoms with Crippen molar-refractivity contribution in [2.45, 2.75) is 6.92 Å². The number of hydrogen-bond donors (Lipinski definition) is 1. The molecule has 0 atom stereocenters. The lowest BCUT2D eigenvalue weighted by Crippen LogP contribution is -1.95. The maximum absolute atomic E-state index is 5.94. The van der Waals surface area contributed by atoms with E-state index < -0.39 is 0 Å². The molecule has 0 aliphatic rings. The van der Waals surface area contributed by atoms with E-state index in [0.29, 0.717) is 0 Å². The van der Waals surface area contributed by atoms with Gasteiger partial charge in [0.1, 0.15) is 6.33 Å². The van der Waals surface area contributed by atoms with Gasteiger partial charge in [0.25, 0.3) is 0 Å². The molecule has 3 heteroatoms. The van der Waals surface area contributed by atoms with Gasteiger partial charge in [-0.3, -0.25) is 4.57 Å². The number of benzene rings is 2. The van der Waals surface area contributed by atoms with E-state index in [2.05, 4.69) is 17.1 Å². The highest BCUT2D eigenvalue weighted by Crippen LogP contribution is 2.21.